The summed E-state index contributed by atoms with van der Waals surface area (Å²) in [5.41, 5.74) is 15.8. The number of ether oxygens (including phenoxy) is 2. The van der Waals surface area contributed by atoms with Crippen LogP contribution >= 0.6 is 0 Å². The van der Waals surface area contributed by atoms with Gasteiger partial charge in [0.2, 0.25) is 0 Å². The summed E-state index contributed by atoms with van der Waals surface area (Å²) in [6, 6.07) is 86.7. The number of aromatic nitrogens is 3. The maximum atomic E-state index is 6.92. The standard InChI is InChI=1S/C64H41N3O2/c1-5-15-42(16-6-1)44-25-31-47(32-26-44)61-65-62(48-33-27-45(28-34-48)43-17-7-2-8-18-43)67-63(66-61)49-35-29-46(30-36-49)50-37-39-56-58(41-50)68-57-40-38-55-59(60(57)69-56)53-23-13-14-24-54(53)64(55,51-19-9-3-10-20-51)52-21-11-4-12-22-52/h1-41H. The lowest BCUT2D eigenvalue weighted by Crippen LogP contribution is -2.28. The quantitative estimate of drug-likeness (QED) is 0.152. The molecule has 10 aromatic carbocycles. The van der Waals surface area contributed by atoms with Gasteiger partial charge in [0, 0.05) is 22.3 Å². The number of nitrogens with zero attached hydrogens (tertiary/aromatic N) is 3. The average molecular weight is 884 g/mol. The summed E-state index contributed by atoms with van der Waals surface area (Å²) in [6.07, 6.45) is 0. The number of rotatable bonds is 8. The molecular formula is C64H41N3O2. The molecule has 11 aromatic rings. The summed E-state index contributed by atoms with van der Waals surface area (Å²) in [7, 11) is 0. The monoisotopic (exact) mass is 883 g/mol. The lowest BCUT2D eigenvalue weighted by Gasteiger charge is -2.34. The molecule has 0 amide bonds. The summed E-state index contributed by atoms with van der Waals surface area (Å²) in [5, 5.41) is 0. The van der Waals surface area contributed by atoms with E-state index in [1.807, 2.05) is 18.2 Å². The Balaban J connectivity index is 0.834. The third-order valence-electron chi connectivity index (χ3n) is 13.5. The molecule has 5 heteroatoms. The van der Waals surface area contributed by atoms with Gasteiger partial charge in [0.1, 0.15) is 0 Å². The van der Waals surface area contributed by atoms with Gasteiger partial charge in [0.15, 0.2) is 40.5 Å². The third-order valence-corrected chi connectivity index (χ3v) is 13.5. The summed E-state index contributed by atoms with van der Waals surface area (Å²) >= 11 is 0. The fourth-order valence-corrected chi connectivity index (χ4v) is 10.2. The van der Waals surface area contributed by atoms with E-state index < -0.39 is 5.41 Å². The first kappa shape index (κ1) is 40.1. The van der Waals surface area contributed by atoms with Crippen molar-refractivity contribution in [2.75, 3.05) is 0 Å². The molecule has 0 N–H and O–H groups in total. The van der Waals surface area contributed by atoms with E-state index in [4.69, 9.17) is 24.4 Å². The molecule has 0 fully saturated rings. The molecule has 0 radical (unpaired) electrons. The SMILES string of the molecule is c1ccc(-c2ccc(-c3nc(-c4ccc(-c5ccccc5)cc4)nc(-c4ccc(-c5ccc6c(c5)Oc5ccc7c(c5O6)-c5ccccc5C7(c5ccccc5)c5ccccc5)cc4)n3)cc2)cc1. The highest BCUT2D eigenvalue weighted by molar-refractivity contribution is 5.92. The first-order valence-corrected chi connectivity index (χ1v) is 23.2. The zero-order valence-electron chi connectivity index (χ0n) is 37.3. The van der Waals surface area contributed by atoms with Crippen LogP contribution in [0.15, 0.2) is 249 Å². The van der Waals surface area contributed by atoms with Crippen molar-refractivity contribution in [2.45, 2.75) is 5.41 Å². The van der Waals surface area contributed by atoms with E-state index in [0.717, 1.165) is 66.9 Å². The predicted molar refractivity (Wildman–Crippen MR) is 276 cm³/mol. The van der Waals surface area contributed by atoms with Crippen LogP contribution in [0.25, 0.3) is 78.7 Å². The second-order valence-electron chi connectivity index (χ2n) is 17.5. The molecule has 324 valence electrons. The Morgan fingerprint density at radius 1 is 0.275 bits per heavy atom. The Morgan fingerprint density at radius 3 is 1.17 bits per heavy atom. The molecule has 0 unspecified atom stereocenters. The fourth-order valence-electron chi connectivity index (χ4n) is 10.2. The largest absolute Gasteiger partial charge is 0.449 e. The Kier molecular flexibility index (Phi) is 9.65. The summed E-state index contributed by atoms with van der Waals surface area (Å²) in [6.45, 7) is 0. The first-order chi connectivity index (χ1) is 34.2. The molecule has 13 rings (SSSR count). The number of fused-ring (bicyclic) bond motifs is 6. The van der Waals surface area contributed by atoms with Gasteiger partial charge in [0.25, 0.3) is 0 Å². The van der Waals surface area contributed by atoms with E-state index in [1.54, 1.807) is 0 Å². The molecule has 2 aliphatic rings. The van der Waals surface area contributed by atoms with Crippen LogP contribution < -0.4 is 9.47 Å². The molecule has 1 aromatic heterocycles. The third kappa shape index (κ3) is 6.90. The highest BCUT2D eigenvalue weighted by atomic mass is 16.6. The lowest BCUT2D eigenvalue weighted by atomic mass is 9.68. The van der Waals surface area contributed by atoms with Crippen LogP contribution in [0.2, 0.25) is 0 Å². The van der Waals surface area contributed by atoms with Crippen molar-refractivity contribution in [3.63, 3.8) is 0 Å². The fraction of sp³-hybridized carbons (Fsp3) is 0.0156. The molecule has 2 heterocycles. The number of hydrogen-bond acceptors (Lipinski definition) is 5. The van der Waals surface area contributed by atoms with Gasteiger partial charge in [-0.2, -0.15) is 0 Å². The lowest BCUT2D eigenvalue weighted by molar-refractivity contribution is 0.360. The van der Waals surface area contributed by atoms with Crippen molar-refractivity contribution in [1.29, 1.82) is 0 Å². The molecule has 69 heavy (non-hydrogen) atoms. The second kappa shape index (κ2) is 16.6. The van der Waals surface area contributed by atoms with Crippen LogP contribution in [0.1, 0.15) is 22.3 Å². The van der Waals surface area contributed by atoms with E-state index in [2.05, 4.69) is 231 Å². The number of benzene rings is 10. The zero-order valence-corrected chi connectivity index (χ0v) is 37.3. The van der Waals surface area contributed by atoms with Crippen LogP contribution in [0.4, 0.5) is 0 Å². The van der Waals surface area contributed by atoms with Gasteiger partial charge in [-0.3, -0.25) is 0 Å². The van der Waals surface area contributed by atoms with Crippen molar-refractivity contribution in [3.05, 3.63) is 271 Å². The van der Waals surface area contributed by atoms with Crippen LogP contribution in [0.3, 0.4) is 0 Å². The summed E-state index contributed by atoms with van der Waals surface area (Å²) in [5.74, 6) is 4.56. The van der Waals surface area contributed by atoms with Gasteiger partial charge in [-0.25, -0.2) is 15.0 Å². The second-order valence-corrected chi connectivity index (χ2v) is 17.5. The van der Waals surface area contributed by atoms with Crippen LogP contribution in [0.5, 0.6) is 23.0 Å². The maximum Gasteiger partial charge on any atom is 0.178 e. The molecular weight excluding hydrogens is 843 g/mol. The Hall–Kier alpha value is -9.19. The molecule has 1 aliphatic carbocycles. The molecule has 0 saturated carbocycles. The van der Waals surface area contributed by atoms with E-state index in [-0.39, 0.29) is 0 Å². The van der Waals surface area contributed by atoms with Gasteiger partial charge in [-0.15, -0.1) is 0 Å². The van der Waals surface area contributed by atoms with Gasteiger partial charge >= 0.3 is 0 Å². The Bertz CT molecular complexity index is 3530. The molecule has 0 bridgehead atoms. The van der Waals surface area contributed by atoms with Crippen molar-refractivity contribution >= 4 is 0 Å². The zero-order chi connectivity index (χ0) is 45.7. The normalized spacial score (nSPS) is 12.7. The molecule has 1 aliphatic heterocycles. The average Bonchev–Trinajstić information content (AvgIpc) is 3.75. The predicted octanol–water partition coefficient (Wildman–Crippen LogP) is 16.1. The molecule has 5 nitrogen and oxygen atoms in total. The minimum atomic E-state index is -0.532. The van der Waals surface area contributed by atoms with Gasteiger partial charge in [0.05, 0.1) is 5.41 Å². The van der Waals surface area contributed by atoms with Crippen molar-refractivity contribution < 1.29 is 9.47 Å². The van der Waals surface area contributed by atoms with Gasteiger partial charge < -0.3 is 9.47 Å². The van der Waals surface area contributed by atoms with E-state index in [9.17, 15) is 0 Å². The smallest absolute Gasteiger partial charge is 0.178 e. The summed E-state index contributed by atoms with van der Waals surface area (Å²) in [4.78, 5) is 15.2. The topological polar surface area (TPSA) is 57.1 Å². The Labute approximate surface area is 400 Å². The Morgan fingerprint density at radius 2 is 0.667 bits per heavy atom. The van der Waals surface area contributed by atoms with Crippen molar-refractivity contribution in [1.82, 2.24) is 15.0 Å². The minimum Gasteiger partial charge on any atom is -0.449 e. The molecule has 0 atom stereocenters. The molecule has 0 spiro atoms. The minimum absolute atomic E-state index is 0.532. The molecule has 0 saturated heterocycles. The van der Waals surface area contributed by atoms with Crippen LogP contribution in [-0.2, 0) is 5.41 Å². The van der Waals surface area contributed by atoms with Gasteiger partial charge in [-0.1, -0.05) is 231 Å². The summed E-state index contributed by atoms with van der Waals surface area (Å²) < 4.78 is 13.7. The van der Waals surface area contributed by atoms with E-state index >= 15 is 0 Å². The van der Waals surface area contributed by atoms with E-state index in [0.29, 0.717) is 34.7 Å². The first-order valence-electron chi connectivity index (χ1n) is 23.2. The number of hydrogen-bond donors (Lipinski definition) is 0. The van der Waals surface area contributed by atoms with E-state index in [1.165, 1.54) is 22.3 Å². The maximum absolute atomic E-state index is 6.92. The highest BCUT2D eigenvalue weighted by Crippen LogP contribution is 2.62. The highest BCUT2D eigenvalue weighted by Gasteiger charge is 2.48. The van der Waals surface area contributed by atoms with Gasteiger partial charge in [-0.05, 0) is 79.4 Å². The van der Waals surface area contributed by atoms with Crippen LogP contribution in [0, 0.1) is 0 Å². The van der Waals surface area contributed by atoms with Crippen molar-refractivity contribution in [2.24, 2.45) is 0 Å². The van der Waals surface area contributed by atoms with Crippen LogP contribution in [-0.4, -0.2) is 15.0 Å². The van der Waals surface area contributed by atoms with Crippen molar-refractivity contribution in [3.8, 4) is 102 Å².